The van der Waals surface area contributed by atoms with Crippen molar-refractivity contribution in [1.29, 1.82) is 0 Å². The van der Waals surface area contributed by atoms with Gasteiger partial charge in [-0.2, -0.15) is 0 Å². The first-order chi connectivity index (χ1) is 15.4. The van der Waals surface area contributed by atoms with Gasteiger partial charge in [0.15, 0.2) is 11.7 Å². The lowest BCUT2D eigenvalue weighted by Crippen LogP contribution is -2.36. The maximum atomic E-state index is 12.1. The van der Waals surface area contributed by atoms with Crippen LogP contribution in [-0.2, 0) is 13.1 Å². The number of nitrogens with one attached hydrogen (secondary N) is 3. The molecule has 0 atom stereocenters. The Morgan fingerprint density at radius 1 is 1.06 bits per heavy atom. The van der Waals surface area contributed by atoms with Crippen LogP contribution in [0, 0.1) is 6.92 Å². The fourth-order valence-electron chi connectivity index (χ4n) is 3.06. The number of nitrogens with zero attached hydrogens (tertiary/aromatic N) is 1. The van der Waals surface area contributed by atoms with Crippen LogP contribution < -0.4 is 20.7 Å². The molecule has 0 aliphatic heterocycles. The van der Waals surface area contributed by atoms with Gasteiger partial charge in [-0.05, 0) is 62.2 Å². The predicted octanol–water partition coefficient (Wildman–Crippen LogP) is 5.11. The third-order valence-electron chi connectivity index (χ3n) is 4.67. The van der Waals surface area contributed by atoms with E-state index in [0.717, 1.165) is 22.4 Å². The number of amides is 1. The molecule has 7 nitrogen and oxygen atoms in total. The van der Waals surface area contributed by atoms with Crippen molar-refractivity contribution in [3.8, 4) is 5.75 Å². The van der Waals surface area contributed by atoms with E-state index in [9.17, 15) is 4.79 Å². The Bertz CT molecular complexity index is 1050. The molecular weight excluding hydrogens is 531 g/mol. The van der Waals surface area contributed by atoms with Gasteiger partial charge in [-0.3, -0.25) is 9.79 Å². The molecule has 33 heavy (non-hydrogen) atoms. The number of anilines is 1. The zero-order chi connectivity index (χ0) is 22.9. The molecule has 2 aromatic carbocycles. The Hall–Kier alpha value is -3.01. The Morgan fingerprint density at radius 2 is 1.79 bits per heavy atom. The number of carbonyl (C=O) groups excluding carboxylic acids is 1. The summed E-state index contributed by atoms with van der Waals surface area (Å²) < 4.78 is 11.1. The van der Waals surface area contributed by atoms with Crippen LogP contribution in [0.2, 0.25) is 0 Å². The maximum absolute atomic E-state index is 12.1. The number of aliphatic imine (C=N–C) groups is 1. The molecule has 1 heterocycles. The Balaban J connectivity index is 0.00000385. The van der Waals surface area contributed by atoms with Crippen LogP contribution in [0.1, 0.15) is 41.1 Å². The number of hydrogen-bond acceptors (Lipinski definition) is 4. The molecule has 0 unspecified atom stereocenters. The molecule has 176 valence electrons. The van der Waals surface area contributed by atoms with Gasteiger partial charge in [0.1, 0.15) is 5.75 Å². The predicted molar refractivity (Wildman–Crippen MR) is 142 cm³/mol. The summed E-state index contributed by atoms with van der Waals surface area (Å²) in [4.78, 5) is 16.4. The van der Waals surface area contributed by atoms with Crippen molar-refractivity contribution in [2.24, 2.45) is 4.99 Å². The topological polar surface area (TPSA) is 87.9 Å². The summed E-state index contributed by atoms with van der Waals surface area (Å²) in [5.41, 5.74) is 4.00. The quantitative estimate of drug-likeness (QED) is 0.202. The first kappa shape index (κ1) is 26.2. The Labute approximate surface area is 212 Å². The lowest BCUT2D eigenvalue weighted by atomic mass is 10.1. The average molecular weight is 562 g/mol. The monoisotopic (exact) mass is 562 g/mol. The van der Waals surface area contributed by atoms with Crippen molar-refractivity contribution in [3.05, 3.63) is 83.3 Å². The number of hydrogen-bond donors (Lipinski definition) is 3. The van der Waals surface area contributed by atoms with Crippen molar-refractivity contribution < 1.29 is 13.9 Å². The van der Waals surface area contributed by atoms with E-state index < -0.39 is 0 Å². The van der Waals surface area contributed by atoms with E-state index in [4.69, 9.17) is 9.15 Å². The third kappa shape index (κ3) is 8.12. The fraction of sp³-hybridized carbons (Fsp3) is 0.280. The highest BCUT2D eigenvalue weighted by Crippen LogP contribution is 2.21. The summed E-state index contributed by atoms with van der Waals surface area (Å²) in [6.07, 6.45) is 1.58. The van der Waals surface area contributed by atoms with E-state index in [1.807, 2.05) is 38.1 Å². The van der Waals surface area contributed by atoms with Crippen LogP contribution in [0.5, 0.6) is 5.75 Å². The zero-order valence-corrected chi connectivity index (χ0v) is 21.7. The van der Waals surface area contributed by atoms with Crippen LogP contribution in [0.25, 0.3) is 0 Å². The molecule has 1 amide bonds. The highest BCUT2D eigenvalue weighted by molar-refractivity contribution is 14.0. The van der Waals surface area contributed by atoms with Gasteiger partial charge in [0.2, 0.25) is 0 Å². The molecule has 0 bridgehead atoms. The molecule has 3 rings (SSSR count). The van der Waals surface area contributed by atoms with Crippen LogP contribution >= 0.6 is 24.0 Å². The molecule has 0 aliphatic rings. The van der Waals surface area contributed by atoms with Crippen molar-refractivity contribution >= 4 is 41.5 Å². The molecule has 0 radical (unpaired) electrons. The minimum atomic E-state index is -0.276. The number of benzene rings is 2. The van der Waals surface area contributed by atoms with E-state index in [1.54, 1.807) is 19.2 Å². The minimum Gasteiger partial charge on any atom is -0.491 e. The Kier molecular flexibility index (Phi) is 10.2. The Morgan fingerprint density at radius 3 is 2.42 bits per heavy atom. The summed E-state index contributed by atoms with van der Waals surface area (Å²) in [6.45, 7) is 7.29. The second-order valence-electron chi connectivity index (χ2n) is 7.69. The number of furan rings is 1. The number of aryl methyl sites for hydroxylation is 1. The van der Waals surface area contributed by atoms with Crippen LogP contribution in [0.15, 0.2) is 70.3 Å². The molecule has 3 aromatic rings. The second kappa shape index (κ2) is 12.9. The number of halogens is 1. The van der Waals surface area contributed by atoms with Gasteiger partial charge in [0.05, 0.1) is 12.4 Å². The van der Waals surface area contributed by atoms with Gasteiger partial charge >= 0.3 is 0 Å². The fourth-order valence-corrected chi connectivity index (χ4v) is 3.06. The molecular formula is C25H31IN4O3. The lowest BCUT2D eigenvalue weighted by molar-refractivity contribution is 0.0996. The summed E-state index contributed by atoms with van der Waals surface area (Å²) in [6, 6.07) is 17.1. The summed E-state index contributed by atoms with van der Waals surface area (Å²) in [5.74, 6) is 1.58. The SMILES string of the molecule is CN=C(NCc1ccc(NC(=O)c2ccco2)cc1)NCc1ccc(C)cc1OC(C)C.I. The van der Waals surface area contributed by atoms with Crippen LogP contribution in [0.3, 0.4) is 0 Å². The molecule has 8 heteroatoms. The van der Waals surface area contributed by atoms with E-state index in [0.29, 0.717) is 24.7 Å². The molecule has 0 fully saturated rings. The number of rotatable bonds is 8. The van der Waals surface area contributed by atoms with Crippen LogP contribution in [0.4, 0.5) is 5.69 Å². The maximum Gasteiger partial charge on any atom is 0.291 e. The van der Waals surface area contributed by atoms with Crippen molar-refractivity contribution in [3.63, 3.8) is 0 Å². The first-order valence-electron chi connectivity index (χ1n) is 10.6. The van der Waals surface area contributed by atoms with Gasteiger partial charge in [0, 0.05) is 31.4 Å². The van der Waals surface area contributed by atoms with Gasteiger partial charge in [-0.25, -0.2) is 0 Å². The smallest absolute Gasteiger partial charge is 0.291 e. The third-order valence-corrected chi connectivity index (χ3v) is 4.67. The molecule has 1 aromatic heterocycles. The normalized spacial score (nSPS) is 11.0. The number of guanidine groups is 1. The highest BCUT2D eigenvalue weighted by Gasteiger charge is 2.09. The molecule has 0 saturated heterocycles. The summed E-state index contributed by atoms with van der Waals surface area (Å²) in [7, 11) is 1.74. The molecule has 3 N–H and O–H groups in total. The second-order valence-corrected chi connectivity index (χ2v) is 7.69. The van der Waals surface area contributed by atoms with Crippen molar-refractivity contribution in [2.75, 3.05) is 12.4 Å². The van der Waals surface area contributed by atoms with Gasteiger partial charge in [0.25, 0.3) is 5.91 Å². The number of carbonyl (C=O) groups is 1. The molecule has 0 saturated carbocycles. The van der Waals surface area contributed by atoms with E-state index in [2.05, 4.69) is 46.1 Å². The van der Waals surface area contributed by atoms with Gasteiger partial charge in [-0.15, -0.1) is 24.0 Å². The minimum absolute atomic E-state index is 0. The highest BCUT2D eigenvalue weighted by atomic mass is 127. The van der Waals surface area contributed by atoms with Crippen molar-refractivity contribution in [1.82, 2.24) is 10.6 Å². The molecule has 0 spiro atoms. The van der Waals surface area contributed by atoms with E-state index in [-0.39, 0.29) is 41.7 Å². The largest absolute Gasteiger partial charge is 0.491 e. The first-order valence-corrected chi connectivity index (χ1v) is 10.6. The molecule has 0 aliphatic carbocycles. The zero-order valence-electron chi connectivity index (χ0n) is 19.3. The van der Waals surface area contributed by atoms with Gasteiger partial charge in [-0.1, -0.05) is 24.3 Å². The van der Waals surface area contributed by atoms with Gasteiger partial charge < -0.3 is 25.1 Å². The van der Waals surface area contributed by atoms with Crippen molar-refractivity contribution in [2.45, 2.75) is 40.0 Å². The summed E-state index contributed by atoms with van der Waals surface area (Å²) >= 11 is 0. The number of ether oxygens (including phenoxy) is 1. The standard InChI is InChI=1S/C25H30N4O3.HI/c1-17(2)32-23-14-18(3)7-10-20(23)16-28-25(26-4)27-15-19-8-11-21(12-9-19)29-24(30)22-6-5-13-31-22;/h5-14,17H,15-16H2,1-4H3,(H,29,30)(H2,26,27,28);1H. The van der Waals surface area contributed by atoms with E-state index >= 15 is 0 Å². The average Bonchev–Trinajstić information content (AvgIpc) is 3.31. The summed E-state index contributed by atoms with van der Waals surface area (Å²) in [5, 5.41) is 9.45. The van der Waals surface area contributed by atoms with Crippen LogP contribution in [-0.4, -0.2) is 25.0 Å². The van der Waals surface area contributed by atoms with E-state index in [1.165, 1.54) is 6.26 Å². The lowest BCUT2D eigenvalue weighted by Gasteiger charge is -2.17.